The fourth-order valence-electron chi connectivity index (χ4n) is 1.60. The van der Waals surface area contributed by atoms with Crippen LogP contribution >= 0.6 is 0 Å². The first-order valence-electron chi connectivity index (χ1n) is 4.75. The van der Waals surface area contributed by atoms with Crippen LogP contribution in [0.15, 0.2) is 24.8 Å². The van der Waals surface area contributed by atoms with Gasteiger partial charge < -0.3 is 5.32 Å². The number of nitrogens with one attached hydrogen (secondary N) is 1. The molecule has 0 bridgehead atoms. The summed E-state index contributed by atoms with van der Waals surface area (Å²) in [6.07, 6.45) is 6.80. The number of nitrogens with zero attached hydrogens (tertiary/aromatic N) is 4. The van der Waals surface area contributed by atoms with Crippen LogP contribution in [0.1, 0.15) is 11.3 Å². The van der Waals surface area contributed by atoms with Crippen LogP contribution in [0.2, 0.25) is 0 Å². The first-order chi connectivity index (χ1) is 7.43. The van der Waals surface area contributed by atoms with Gasteiger partial charge in [-0.1, -0.05) is 0 Å². The van der Waals surface area contributed by atoms with E-state index in [1.54, 1.807) is 18.6 Å². The third-order valence-corrected chi connectivity index (χ3v) is 2.35. The fraction of sp³-hybridized carbons (Fsp3) is 0.200. The van der Waals surface area contributed by atoms with E-state index in [4.69, 9.17) is 0 Å². The predicted molar refractivity (Wildman–Crippen MR) is 53.6 cm³/mol. The van der Waals surface area contributed by atoms with Crippen LogP contribution in [0.5, 0.6) is 0 Å². The van der Waals surface area contributed by atoms with Crippen molar-refractivity contribution in [1.29, 1.82) is 0 Å². The summed E-state index contributed by atoms with van der Waals surface area (Å²) < 4.78 is 0. The van der Waals surface area contributed by atoms with Crippen LogP contribution in [0.3, 0.4) is 0 Å². The van der Waals surface area contributed by atoms with Gasteiger partial charge in [0.25, 0.3) is 0 Å². The Morgan fingerprint density at radius 1 is 1.07 bits per heavy atom. The molecule has 3 heterocycles. The van der Waals surface area contributed by atoms with Crippen molar-refractivity contribution in [3.63, 3.8) is 0 Å². The summed E-state index contributed by atoms with van der Waals surface area (Å²) in [4.78, 5) is 16.9. The van der Waals surface area contributed by atoms with Crippen molar-refractivity contribution in [2.24, 2.45) is 0 Å². The Morgan fingerprint density at radius 2 is 2.07 bits per heavy atom. The lowest BCUT2D eigenvalue weighted by Gasteiger charge is -2.00. The standard InChI is InChI=1S/C10H9N5/c1-2-13-9(6-11-1)10-14-4-7-3-12-5-8(7)15-10/h1-2,4,6,12H,3,5H2. The zero-order valence-electron chi connectivity index (χ0n) is 8.01. The molecule has 1 N–H and O–H groups in total. The first-order valence-corrected chi connectivity index (χ1v) is 4.75. The average Bonchev–Trinajstić information content (AvgIpc) is 2.77. The molecule has 5 heteroatoms. The molecule has 74 valence electrons. The zero-order valence-corrected chi connectivity index (χ0v) is 8.01. The smallest absolute Gasteiger partial charge is 0.180 e. The lowest BCUT2D eigenvalue weighted by molar-refractivity contribution is 0.758. The molecule has 15 heavy (non-hydrogen) atoms. The molecule has 0 aromatic carbocycles. The highest BCUT2D eigenvalue weighted by atomic mass is 15.0. The van der Waals surface area contributed by atoms with E-state index in [1.807, 2.05) is 6.20 Å². The van der Waals surface area contributed by atoms with E-state index in [0.29, 0.717) is 11.5 Å². The van der Waals surface area contributed by atoms with Crippen LogP contribution in [0.25, 0.3) is 11.5 Å². The van der Waals surface area contributed by atoms with Gasteiger partial charge in [0.1, 0.15) is 5.69 Å². The summed E-state index contributed by atoms with van der Waals surface area (Å²) in [7, 11) is 0. The Bertz CT molecular complexity index is 482. The molecule has 0 radical (unpaired) electrons. The summed E-state index contributed by atoms with van der Waals surface area (Å²) in [5, 5.41) is 3.23. The number of aromatic nitrogens is 4. The maximum atomic E-state index is 4.45. The quantitative estimate of drug-likeness (QED) is 0.726. The summed E-state index contributed by atoms with van der Waals surface area (Å²) in [6.45, 7) is 1.67. The van der Waals surface area contributed by atoms with Crippen molar-refractivity contribution in [1.82, 2.24) is 25.3 Å². The van der Waals surface area contributed by atoms with Gasteiger partial charge in [-0.15, -0.1) is 0 Å². The summed E-state index contributed by atoms with van der Waals surface area (Å²) in [5.41, 5.74) is 2.94. The van der Waals surface area contributed by atoms with Crippen molar-refractivity contribution < 1.29 is 0 Å². The van der Waals surface area contributed by atoms with E-state index in [0.717, 1.165) is 18.8 Å². The van der Waals surface area contributed by atoms with Crippen molar-refractivity contribution in [2.45, 2.75) is 13.1 Å². The van der Waals surface area contributed by atoms with Crippen LogP contribution in [-0.4, -0.2) is 19.9 Å². The first kappa shape index (κ1) is 8.43. The second-order valence-corrected chi connectivity index (χ2v) is 3.36. The molecule has 0 fully saturated rings. The largest absolute Gasteiger partial charge is 0.307 e. The molecule has 0 saturated carbocycles. The van der Waals surface area contributed by atoms with Crippen molar-refractivity contribution in [3.8, 4) is 11.5 Å². The normalized spacial score (nSPS) is 13.9. The van der Waals surface area contributed by atoms with E-state index in [2.05, 4.69) is 25.3 Å². The van der Waals surface area contributed by atoms with E-state index >= 15 is 0 Å². The minimum atomic E-state index is 0.644. The second kappa shape index (κ2) is 3.36. The molecular weight excluding hydrogens is 190 g/mol. The van der Waals surface area contributed by atoms with E-state index in [9.17, 15) is 0 Å². The summed E-state index contributed by atoms with van der Waals surface area (Å²) in [6, 6.07) is 0. The van der Waals surface area contributed by atoms with Crippen molar-refractivity contribution >= 4 is 0 Å². The molecular formula is C10H9N5. The molecule has 0 aliphatic carbocycles. The lowest BCUT2D eigenvalue weighted by atomic mass is 10.2. The third kappa shape index (κ3) is 1.46. The Balaban J connectivity index is 2.07. The van der Waals surface area contributed by atoms with Gasteiger partial charge in [-0.25, -0.2) is 15.0 Å². The van der Waals surface area contributed by atoms with Gasteiger partial charge in [0.2, 0.25) is 0 Å². The summed E-state index contributed by atoms with van der Waals surface area (Å²) >= 11 is 0. The topological polar surface area (TPSA) is 63.6 Å². The maximum absolute atomic E-state index is 4.45. The summed E-state index contributed by atoms with van der Waals surface area (Å²) in [5.74, 6) is 0.644. The molecule has 0 amide bonds. The van der Waals surface area contributed by atoms with Gasteiger partial charge in [-0.3, -0.25) is 4.98 Å². The van der Waals surface area contributed by atoms with Crippen molar-refractivity contribution in [2.75, 3.05) is 0 Å². The van der Waals surface area contributed by atoms with Gasteiger partial charge in [0, 0.05) is 37.2 Å². The molecule has 0 spiro atoms. The van der Waals surface area contributed by atoms with E-state index < -0.39 is 0 Å². The van der Waals surface area contributed by atoms with Gasteiger partial charge >= 0.3 is 0 Å². The molecule has 0 atom stereocenters. The van der Waals surface area contributed by atoms with Gasteiger partial charge in [0.15, 0.2) is 5.82 Å². The molecule has 2 aromatic rings. The SMILES string of the molecule is c1cnc(-c2ncc3c(n2)CNC3)cn1. The Kier molecular flexibility index (Phi) is 1.89. The minimum Gasteiger partial charge on any atom is -0.307 e. The zero-order chi connectivity index (χ0) is 10.1. The maximum Gasteiger partial charge on any atom is 0.180 e. The average molecular weight is 199 g/mol. The molecule has 5 nitrogen and oxygen atoms in total. The number of hydrogen-bond donors (Lipinski definition) is 1. The highest BCUT2D eigenvalue weighted by molar-refractivity contribution is 5.47. The number of fused-ring (bicyclic) bond motifs is 1. The van der Waals surface area contributed by atoms with Crippen LogP contribution < -0.4 is 5.32 Å². The highest BCUT2D eigenvalue weighted by Gasteiger charge is 2.13. The molecule has 0 saturated heterocycles. The van der Waals surface area contributed by atoms with Gasteiger partial charge in [-0.2, -0.15) is 0 Å². The van der Waals surface area contributed by atoms with Crippen LogP contribution in [0, 0.1) is 0 Å². The molecule has 1 aliphatic rings. The highest BCUT2D eigenvalue weighted by Crippen LogP contribution is 2.16. The molecule has 0 unspecified atom stereocenters. The Hall–Kier alpha value is -1.88. The molecule has 1 aliphatic heterocycles. The lowest BCUT2D eigenvalue weighted by Crippen LogP contribution is -2.00. The van der Waals surface area contributed by atoms with Crippen molar-refractivity contribution in [3.05, 3.63) is 36.0 Å². The Labute approximate surface area is 86.6 Å². The fourth-order valence-corrected chi connectivity index (χ4v) is 1.60. The molecule has 2 aromatic heterocycles. The monoisotopic (exact) mass is 199 g/mol. The number of hydrogen-bond acceptors (Lipinski definition) is 5. The minimum absolute atomic E-state index is 0.644. The Morgan fingerprint density at radius 3 is 2.93 bits per heavy atom. The second-order valence-electron chi connectivity index (χ2n) is 3.36. The van der Waals surface area contributed by atoms with Crippen LogP contribution in [0.4, 0.5) is 0 Å². The predicted octanol–water partition coefficient (Wildman–Crippen LogP) is 0.537. The van der Waals surface area contributed by atoms with E-state index in [1.165, 1.54) is 5.56 Å². The van der Waals surface area contributed by atoms with Gasteiger partial charge in [0.05, 0.1) is 11.9 Å². The molecule has 3 rings (SSSR count). The third-order valence-electron chi connectivity index (χ3n) is 2.35. The van der Waals surface area contributed by atoms with Crippen LogP contribution in [-0.2, 0) is 13.1 Å². The number of rotatable bonds is 1. The van der Waals surface area contributed by atoms with Gasteiger partial charge in [-0.05, 0) is 0 Å². The van der Waals surface area contributed by atoms with E-state index in [-0.39, 0.29) is 0 Å².